The van der Waals surface area contributed by atoms with E-state index in [1.807, 2.05) is 43.3 Å². The number of nitrogens with zero attached hydrogens (tertiary/aromatic N) is 2. The van der Waals surface area contributed by atoms with E-state index < -0.39 is 0 Å². The Morgan fingerprint density at radius 3 is 2.31 bits per heavy atom. The summed E-state index contributed by atoms with van der Waals surface area (Å²) in [7, 11) is 0. The smallest absolute Gasteiger partial charge is 0.343 e. The van der Waals surface area contributed by atoms with E-state index in [9.17, 15) is 9.59 Å². The number of nitrogens with one attached hydrogen (secondary N) is 2. The van der Waals surface area contributed by atoms with Crippen LogP contribution in [0.3, 0.4) is 0 Å². The maximum Gasteiger partial charge on any atom is 0.343 e. The van der Waals surface area contributed by atoms with Gasteiger partial charge in [0, 0.05) is 19.0 Å². The van der Waals surface area contributed by atoms with Gasteiger partial charge in [0.1, 0.15) is 0 Å². The number of rotatable bonds is 10. The van der Waals surface area contributed by atoms with E-state index in [4.69, 9.17) is 0 Å². The van der Waals surface area contributed by atoms with Crippen LogP contribution < -0.4 is 11.0 Å². The van der Waals surface area contributed by atoms with E-state index in [2.05, 4.69) is 39.8 Å². The van der Waals surface area contributed by atoms with Gasteiger partial charge < -0.3 is 5.32 Å². The summed E-state index contributed by atoms with van der Waals surface area (Å²) in [6.45, 7) is 3.17. The van der Waals surface area contributed by atoms with Gasteiger partial charge in [-0.2, -0.15) is 0 Å². The van der Waals surface area contributed by atoms with Crippen LogP contribution in [-0.4, -0.2) is 33.0 Å². The molecular formula is C22H26N4O2S. The molecule has 3 aromatic rings. The molecule has 2 N–H and O–H groups in total. The summed E-state index contributed by atoms with van der Waals surface area (Å²) in [5, 5.41) is 10.00. The van der Waals surface area contributed by atoms with Crippen LogP contribution in [-0.2, 0) is 11.3 Å². The Balaban J connectivity index is 1.54. The molecule has 0 radical (unpaired) electrons. The molecular weight excluding hydrogens is 384 g/mol. The Labute approximate surface area is 174 Å². The number of aromatic amines is 1. The van der Waals surface area contributed by atoms with Crippen molar-refractivity contribution in [2.45, 2.75) is 37.4 Å². The van der Waals surface area contributed by atoms with Gasteiger partial charge >= 0.3 is 5.69 Å². The lowest BCUT2D eigenvalue weighted by atomic mass is 9.88. The molecule has 0 saturated carbocycles. The second-order valence-corrected chi connectivity index (χ2v) is 7.71. The second-order valence-electron chi connectivity index (χ2n) is 6.76. The highest BCUT2D eigenvalue weighted by molar-refractivity contribution is 7.99. The van der Waals surface area contributed by atoms with E-state index in [-0.39, 0.29) is 23.3 Å². The van der Waals surface area contributed by atoms with Gasteiger partial charge in [0.05, 0.1) is 5.75 Å². The van der Waals surface area contributed by atoms with Crippen LogP contribution in [0.1, 0.15) is 36.8 Å². The first kappa shape index (κ1) is 20.9. The molecule has 0 saturated heterocycles. The van der Waals surface area contributed by atoms with Crippen molar-refractivity contribution in [1.82, 2.24) is 20.1 Å². The van der Waals surface area contributed by atoms with Gasteiger partial charge in [-0.3, -0.25) is 9.36 Å². The van der Waals surface area contributed by atoms with Crippen LogP contribution in [0.5, 0.6) is 0 Å². The highest BCUT2D eigenvalue weighted by atomic mass is 32.2. The molecule has 1 amide bonds. The fourth-order valence-electron chi connectivity index (χ4n) is 3.27. The van der Waals surface area contributed by atoms with Gasteiger partial charge in [0.2, 0.25) is 5.91 Å². The predicted octanol–water partition coefficient (Wildman–Crippen LogP) is 3.41. The third-order valence-corrected chi connectivity index (χ3v) is 5.64. The van der Waals surface area contributed by atoms with Gasteiger partial charge in [-0.15, -0.1) is 5.10 Å². The van der Waals surface area contributed by atoms with Crippen LogP contribution in [0.15, 0.2) is 70.6 Å². The van der Waals surface area contributed by atoms with Crippen LogP contribution in [0.4, 0.5) is 0 Å². The quantitative estimate of drug-likeness (QED) is 0.502. The van der Waals surface area contributed by atoms with Crippen molar-refractivity contribution in [2.75, 3.05) is 12.3 Å². The molecule has 0 aliphatic rings. The number of carbonyl (C=O) groups is 1. The fraction of sp³-hybridized carbons (Fsp3) is 0.318. The first-order chi connectivity index (χ1) is 14.2. The molecule has 0 aliphatic heterocycles. The lowest BCUT2D eigenvalue weighted by Crippen LogP contribution is -2.27. The molecule has 0 atom stereocenters. The average Bonchev–Trinajstić information content (AvgIpc) is 3.11. The second kappa shape index (κ2) is 10.7. The summed E-state index contributed by atoms with van der Waals surface area (Å²) in [4.78, 5) is 24.0. The number of amides is 1. The molecule has 2 aromatic carbocycles. The molecule has 7 heteroatoms. The summed E-state index contributed by atoms with van der Waals surface area (Å²) in [6.07, 6.45) is 1.65. The third-order valence-electron chi connectivity index (χ3n) is 4.66. The molecule has 29 heavy (non-hydrogen) atoms. The zero-order valence-corrected chi connectivity index (χ0v) is 17.3. The summed E-state index contributed by atoms with van der Waals surface area (Å²) < 4.78 is 1.57. The largest absolute Gasteiger partial charge is 0.355 e. The van der Waals surface area contributed by atoms with E-state index in [0.717, 1.165) is 12.8 Å². The number of benzene rings is 2. The van der Waals surface area contributed by atoms with Crippen molar-refractivity contribution < 1.29 is 4.79 Å². The van der Waals surface area contributed by atoms with Gasteiger partial charge in [-0.25, -0.2) is 9.89 Å². The Bertz CT molecular complexity index is 914. The van der Waals surface area contributed by atoms with Crippen LogP contribution >= 0.6 is 11.8 Å². The summed E-state index contributed by atoms with van der Waals surface area (Å²) in [5.41, 5.74) is 2.24. The number of hydrogen-bond acceptors (Lipinski definition) is 4. The van der Waals surface area contributed by atoms with E-state index in [1.54, 1.807) is 4.57 Å². The average molecular weight is 411 g/mol. The van der Waals surface area contributed by atoms with Crippen LogP contribution in [0, 0.1) is 0 Å². The molecule has 0 unspecified atom stereocenters. The first-order valence-electron chi connectivity index (χ1n) is 9.83. The molecule has 0 fully saturated rings. The predicted molar refractivity (Wildman–Crippen MR) is 116 cm³/mol. The molecule has 0 aliphatic carbocycles. The minimum atomic E-state index is -0.233. The Morgan fingerprint density at radius 1 is 1.10 bits per heavy atom. The highest BCUT2D eigenvalue weighted by Gasteiger charge is 2.15. The standard InChI is InChI=1S/C22H26N4O2S/c1-2-15-26-21(28)24-25-22(26)29-16-20(27)23-14-13-19(17-9-5-3-6-10-17)18-11-7-4-8-12-18/h3-12,19H,2,13-16H2,1H3,(H,23,27)(H,24,28). The molecule has 152 valence electrons. The zero-order chi connectivity index (χ0) is 20.5. The number of carbonyl (C=O) groups excluding carboxylic acids is 1. The minimum Gasteiger partial charge on any atom is -0.355 e. The summed E-state index contributed by atoms with van der Waals surface area (Å²) in [5.74, 6) is 0.398. The van der Waals surface area contributed by atoms with Gasteiger partial charge in [0.25, 0.3) is 0 Å². The number of thioether (sulfide) groups is 1. The monoisotopic (exact) mass is 410 g/mol. The maximum atomic E-state index is 12.3. The summed E-state index contributed by atoms with van der Waals surface area (Å²) >= 11 is 1.28. The number of aromatic nitrogens is 3. The molecule has 3 rings (SSSR count). The zero-order valence-electron chi connectivity index (χ0n) is 16.5. The van der Waals surface area contributed by atoms with Crippen LogP contribution in [0.25, 0.3) is 0 Å². The van der Waals surface area contributed by atoms with Gasteiger partial charge in [-0.05, 0) is 24.0 Å². The highest BCUT2D eigenvalue weighted by Crippen LogP contribution is 2.27. The van der Waals surface area contributed by atoms with Crippen molar-refractivity contribution in [3.8, 4) is 0 Å². The van der Waals surface area contributed by atoms with Crippen molar-refractivity contribution in [1.29, 1.82) is 0 Å². The molecule has 0 bridgehead atoms. The Morgan fingerprint density at radius 2 is 1.72 bits per heavy atom. The Kier molecular flexibility index (Phi) is 7.69. The first-order valence-corrected chi connectivity index (χ1v) is 10.8. The molecule has 1 aromatic heterocycles. The minimum absolute atomic E-state index is 0.0617. The maximum absolute atomic E-state index is 12.3. The van der Waals surface area contributed by atoms with Crippen molar-refractivity contribution in [2.24, 2.45) is 0 Å². The third kappa shape index (κ3) is 5.84. The number of hydrogen-bond donors (Lipinski definition) is 2. The van der Waals surface area contributed by atoms with E-state index >= 15 is 0 Å². The summed E-state index contributed by atoms with van der Waals surface area (Å²) in [6, 6.07) is 20.7. The van der Waals surface area contributed by atoms with Gasteiger partial charge in [-0.1, -0.05) is 79.3 Å². The molecule has 0 spiro atoms. The lowest BCUT2D eigenvalue weighted by Gasteiger charge is -2.18. The van der Waals surface area contributed by atoms with Crippen molar-refractivity contribution in [3.63, 3.8) is 0 Å². The van der Waals surface area contributed by atoms with Crippen molar-refractivity contribution in [3.05, 3.63) is 82.3 Å². The van der Waals surface area contributed by atoms with E-state index in [1.165, 1.54) is 22.9 Å². The van der Waals surface area contributed by atoms with Crippen molar-refractivity contribution >= 4 is 17.7 Å². The SMILES string of the molecule is CCCn1c(SCC(=O)NCCC(c2ccccc2)c2ccccc2)n[nH]c1=O. The topological polar surface area (TPSA) is 79.8 Å². The lowest BCUT2D eigenvalue weighted by molar-refractivity contribution is -0.118. The van der Waals surface area contributed by atoms with Gasteiger partial charge in [0.15, 0.2) is 5.16 Å². The van der Waals surface area contributed by atoms with Crippen LogP contribution in [0.2, 0.25) is 0 Å². The van der Waals surface area contributed by atoms with E-state index in [0.29, 0.717) is 18.2 Å². The molecule has 6 nitrogen and oxygen atoms in total. The molecule has 1 heterocycles. The fourth-order valence-corrected chi connectivity index (χ4v) is 4.07. The Hall–Kier alpha value is -2.80. The normalized spacial score (nSPS) is 11.0. The number of H-pyrrole nitrogens is 1.